The highest BCUT2D eigenvalue weighted by atomic mass is 35.5. The molecule has 1 aromatic carbocycles. The second kappa shape index (κ2) is 9.23. The number of nitrogens with one attached hydrogen (secondary N) is 2. The summed E-state index contributed by atoms with van der Waals surface area (Å²) in [6.07, 6.45) is 0. The van der Waals surface area contributed by atoms with E-state index in [-0.39, 0.29) is 24.4 Å². The first-order valence-corrected chi connectivity index (χ1v) is 7.70. The number of rotatable bonds is 6. The fraction of sp³-hybridized carbons (Fsp3) is 0.500. The first-order valence-electron chi connectivity index (χ1n) is 6.54. The van der Waals surface area contributed by atoms with Crippen molar-refractivity contribution in [1.29, 1.82) is 0 Å². The standard InChI is InChI=1S/C14H20N2O2S.ClH/c1-2-18-8-12-6-4-3-5-11(12)7-15-14(17)13-9-19-10-16-13;/h3-6,13,16H,2,7-10H2,1H3,(H,15,17);1H. The zero-order valence-electron chi connectivity index (χ0n) is 11.6. The van der Waals surface area contributed by atoms with Crippen LogP contribution < -0.4 is 10.6 Å². The van der Waals surface area contributed by atoms with E-state index in [4.69, 9.17) is 4.74 Å². The molecular weight excluding hydrogens is 296 g/mol. The molecule has 20 heavy (non-hydrogen) atoms. The average molecular weight is 317 g/mol. The Morgan fingerprint density at radius 2 is 2.20 bits per heavy atom. The van der Waals surface area contributed by atoms with Crippen molar-refractivity contribution in [2.45, 2.75) is 26.1 Å². The molecule has 2 rings (SSSR count). The van der Waals surface area contributed by atoms with Crippen LogP contribution in [0.15, 0.2) is 24.3 Å². The van der Waals surface area contributed by atoms with Gasteiger partial charge in [0.2, 0.25) is 5.91 Å². The summed E-state index contributed by atoms with van der Waals surface area (Å²) in [6.45, 7) is 3.84. The van der Waals surface area contributed by atoms with Crippen molar-refractivity contribution in [3.05, 3.63) is 35.4 Å². The summed E-state index contributed by atoms with van der Waals surface area (Å²) in [7, 11) is 0. The van der Waals surface area contributed by atoms with Crippen molar-refractivity contribution in [3.63, 3.8) is 0 Å². The lowest BCUT2D eigenvalue weighted by Gasteiger charge is -2.13. The summed E-state index contributed by atoms with van der Waals surface area (Å²) in [5.74, 6) is 1.79. The SMILES string of the molecule is CCOCc1ccccc1CNC(=O)C1CSCN1.Cl. The highest BCUT2D eigenvalue weighted by Gasteiger charge is 2.22. The molecule has 1 atom stereocenters. The molecule has 2 N–H and O–H groups in total. The molecule has 0 saturated carbocycles. The van der Waals surface area contributed by atoms with Crippen molar-refractivity contribution in [3.8, 4) is 0 Å². The van der Waals surface area contributed by atoms with E-state index in [1.54, 1.807) is 11.8 Å². The van der Waals surface area contributed by atoms with Gasteiger partial charge in [0.15, 0.2) is 0 Å². The predicted molar refractivity (Wildman–Crippen MR) is 85.1 cm³/mol. The van der Waals surface area contributed by atoms with Gasteiger partial charge in [-0.15, -0.1) is 24.2 Å². The van der Waals surface area contributed by atoms with Crippen molar-refractivity contribution in [2.24, 2.45) is 0 Å². The van der Waals surface area contributed by atoms with Crippen LogP contribution >= 0.6 is 24.2 Å². The lowest BCUT2D eigenvalue weighted by atomic mass is 10.1. The Morgan fingerprint density at radius 1 is 1.45 bits per heavy atom. The molecule has 1 fully saturated rings. The third-order valence-corrected chi connectivity index (χ3v) is 4.01. The van der Waals surface area contributed by atoms with Crippen LogP contribution in [0.3, 0.4) is 0 Å². The van der Waals surface area contributed by atoms with Gasteiger partial charge >= 0.3 is 0 Å². The molecule has 6 heteroatoms. The zero-order chi connectivity index (χ0) is 13.5. The number of hydrogen-bond acceptors (Lipinski definition) is 4. The van der Waals surface area contributed by atoms with Crippen LogP contribution in [-0.4, -0.2) is 30.2 Å². The minimum Gasteiger partial charge on any atom is -0.377 e. The Morgan fingerprint density at radius 3 is 2.85 bits per heavy atom. The molecule has 0 spiro atoms. The molecule has 1 aromatic rings. The maximum absolute atomic E-state index is 11.9. The van der Waals surface area contributed by atoms with Crippen molar-refractivity contribution in [2.75, 3.05) is 18.2 Å². The van der Waals surface area contributed by atoms with Crippen LogP contribution in [0.25, 0.3) is 0 Å². The number of ether oxygens (including phenoxy) is 1. The number of carbonyl (C=O) groups is 1. The molecule has 0 radical (unpaired) electrons. The summed E-state index contributed by atoms with van der Waals surface area (Å²) in [6, 6.07) is 8.01. The number of amides is 1. The largest absolute Gasteiger partial charge is 0.377 e. The third-order valence-electron chi connectivity index (χ3n) is 3.07. The summed E-state index contributed by atoms with van der Waals surface area (Å²) in [5.41, 5.74) is 2.26. The summed E-state index contributed by atoms with van der Waals surface area (Å²) in [4.78, 5) is 11.9. The second-order valence-corrected chi connectivity index (χ2v) is 5.43. The fourth-order valence-electron chi connectivity index (χ4n) is 1.95. The Bertz CT molecular complexity index is 425. The van der Waals surface area contributed by atoms with Gasteiger partial charge in [-0.2, -0.15) is 0 Å². The Balaban J connectivity index is 0.00000200. The molecular formula is C14H21ClN2O2S. The van der Waals surface area contributed by atoms with Crippen LogP contribution in [0.5, 0.6) is 0 Å². The highest BCUT2D eigenvalue weighted by Crippen LogP contribution is 2.12. The molecule has 1 unspecified atom stereocenters. The molecule has 0 aromatic heterocycles. The Kier molecular flexibility index (Phi) is 7.99. The van der Waals surface area contributed by atoms with Gasteiger partial charge < -0.3 is 10.1 Å². The van der Waals surface area contributed by atoms with E-state index < -0.39 is 0 Å². The topological polar surface area (TPSA) is 50.4 Å². The van der Waals surface area contributed by atoms with Gasteiger partial charge in [-0.3, -0.25) is 10.1 Å². The van der Waals surface area contributed by atoms with E-state index >= 15 is 0 Å². The number of hydrogen-bond donors (Lipinski definition) is 2. The minimum absolute atomic E-state index is 0. The van der Waals surface area contributed by atoms with Crippen molar-refractivity contribution >= 4 is 30.1 Å². The highest BCUT2D eigenvalue weighted by molar-refractivity contribution is 7.99. The number of carbonyl (C=O) groups excluding carboxylic acids is 1. The monoisotopic (exact) mass is 316 g/mol. The first-order chi connectivity index (χ1) is 9.31. The maximum atomic E-state index is 11.9. The van der Waals surface area contributed by atoms with Crippen molar-refractivity contribution < 1.29 is 9.53 Å². The zero-order valence-corrected chi connectivity index (χ0v) is 13.2. The minimum atomic E-state index is -0.0518. The van der Waals surface area contributed by atoms with Crippen LogP contribution in [-0.2, 0) is 22.7 Å². The van der Waals surface area contributed by atoms with E-state index in [9.17, 15) is 4.79 Å². The normalized spacial score (nSPS) is 17.6. The summed E-state index contributed by atoms with van der Waals surface area (Å²) in [5, 5.41) is 6.16. The molecule has 1 amide bonds. The van der Waals surface area contributed by atoms with Crippen LogP contribution in [0.1, 0.15) is 18.1 Å². The van der Waals surface area contributed by atoms with Gasteiger partial charge in [-0.05, 0) is 18.1 Å². The van der Waals surface area contributed by atoms with E-state index in [0.717, 1.165) is 22.8 Å². The lowest BCUT2D eigenvalue weighted by molar-refractivity contribution is -0.122. The number of halogens is 1. The molecule has 4 nitrogen and oxygen atoms in total. The molecule has 1 aliphatic heterocycles. The summed E-state index contributed by atoms with van der Waals surface area (Å²) < 4.78 is 5.44. The van der Waals surface area contributed by atoms with E-state index in [1.165, 1.54) is 0 Å². The van der Waals surface area contributed by atoms with Gasteiger partial charge in [-0.25, -0.2) is 0 Å². The van der Waals surface area contributed by atoms with E-state index in [0.29, 0.717) is 19.8 Å². The second-order valence-electron chi connectivity index (χ2n) is 4.40. The van der Waals surface area contributed by atoms with Crippen LogP contribution in [0.4, 0.5) is 0 Å². The van der Waals surface area contributed by atoms with Gasteiger partial charge in [0.05, 0.1) is 12.6 Å². The average Bonchev–Trinajstić information content (AvgIpc) is 2.97. The van der Waals surface area contributed by atoms with Gasteiger partial charge in [-0.1, -0.05) is 24.3 Å². The van der Waals surface area contributed by atoms with Crippen molar-refractivity contribution in [1.82, 2.24) is 10.6 Å². The first kappa shape index (κ1) is 17.3. The molecule has 0 bridgehead atoms. The van der Waals surface area contributed by atoms with Crippen LogP contribution in [0.2, 0.25) is 0 Å². The maximum Gasteiger partial charge on any atom is 0.238 e. The van der Waals surface area contributed by atoms with E-state index in [1.807, 2.05) is 31.2 Å². The fourth-order valence-corrected chi connectivity index (χ4v) is 2.89. The van der Waals surface area contributed by atoms with Gasteiger partial charge in [0, 0.05) is 24.8 Å². The lowest BCUT2D eigenvalue weighted by Crippen LogP contribution is -2.41. The predicted octanol–water partition coefficient (Wildman–Crippen LogP) is 1.92. The number of benzene rings is 1. The molecule has 0 aliphatic carbocycles. The molecule has 1 aliphatic rings. The molecule has 1 saturated heterocycles. The van der Waals surface area contributed by atoms with Crippen LogP contribution in [0, 0.1) is 0 Å². The third kappa shape index (κ3) is 4.98. The molecule has 112 valence electrons. The smallest absolute Gasteiger partial charge is 0.238 e. The quantitative estimate of drug-likeness (QED) is 0.842. The Labute approximate surface area is 130 Å². The van der Waals surface area contributed by atoms with E-state index in [2.05, 4.69) is 10.6 Å². The number of thioether (sulfide) groups is 1. The van der Waals surface area contributed by atoms with Gasteiger partial charge in [0.25, 0.3) is 0 Å². The Hall–Kier alpha value is -0.750. The summed E-state index contributed by atoms with van der Waals surface area (Å²) >= 11 is 1.75. The van der Waals surface area contributed by atoms with Gasteiger partial charge in [0.1, 0.15) is 0 Å². The molecule has 1 heterocycles.